The van der Waals surface area contributed by atoms with Gasteiger partial charge in [-0.15, -0.1) is 0 Å². The fourth-order valence-corrected chi connectivity index (χ4v) is 2.89. The van der Waals surface area contributed by atoms with Gasteiger partial charge >= 0.3 is 7.60 Å². The lowest BCUT2D eigenvalue weighted by Gasteiger charge is -2.13. The lowest BCUT2D eigenvalue weighted by molar-refractivity contribution is 0.371. The molecule has 0 bridgehead atoms. The molecule has 22 heavy (non-hydrogen) atoms. The SMILES string of the molecule is O=P(O)(O)Cc1nc2ccccc2cc1Nc1ccccc1. The molecular formula is C16H15N2O3P. The first-order valence-corrected chi connectivity index (χ1v) is 8.56. The van der Waals surface area contributed by atoms with E-state index >= 15 is 0 Å². The number of nitrogens with zero attached hydrogens (tertiary/aromatic N) is 1. The molecular weight excluding hydrogens is 299 g/mol. The van der Waals surface area contributed by atoms with E-state index in [0.29, 0.717) is 16.9 Å². The Hall–Kier alpha value is -2.20. The number of nitrogens with one attached hydrogen (secondary N) is 1. The molecule has 5 nitrogen and oxygen atoms in total. The molecule has 0 radical (unpaired) electrons. The minimum Gasteiger partial charge on any atom is -0.354 e. The van der Waals surface area contributed by atoms with Gasteiger partial charge in [0.05, 0.1) is 23.1 Å². The third-order valence-corrected chi connectivity index (χ3v) is 3.92. The Bertz CT molecular complexity index is 846. The fourth-order valence-electron chi connectivity index (χ4n) is 2.26. The quantitative estimate of drug-likeness (QED) is 0.640. The summed E-state index contributed by atoms with van der Waals surface area (Å²) in [6.45, 7) is 0. The number of aromatic nitrogens is 1. The van der Waals surface area contributed by atoms with E-state index in [4.69, 9.17) is 0 Å². The van der Waals surface area contributed by atoms with Gasteiger partial charge in [0.15, 0.2) is 0 Å². The van der Waals surface area contributed by atoms with Crippen LogP contribution >= 0.6 is 7.60 Å². The van der Waals surface area contributed by atoms with E-state index < -0.39 is 13.8 Å². The summed E-state index contributed by atoms with van der Waals surface area (Å²) in [5.74, 6) is 0. The molecule has 6 heteroatoms. The normalized spacial score (nSPS) is 11.5. The highest BCUT2D eigenvalue weighted by Gasteiger charge is 2.19. The molecule has 3 N–H and O–H groups in total. The van der Waals surface area contributed by atoms with Gasteiger partial charge < -0.3 is 15.1 Å². The smallest absolute Gasteiger partial charge is 0.331 e. The molecule has 112 valence electrons. The monoisotopic (exact) mass is 314 g/mol. The second-order valence-corrected chi connectivity index (χ2v) is 6.63. The number of fused-ring (bicyclic) bond motifs is 1. The van der Waals surface area contributed by atoms with Crippen molar-refractivity contribution in [1.82, 2.24) is 4.98 Å². The largest absolute Gasteiger partial charge is 0.354 e. The highest BCUT2D eigenvalue weighted by atomic mass is 31.2. The summed E-state index contributed by atoms with van der Waals surface area (Å²) >= 11 is 0. The minimum atomic E-state index is -4.20. The Kier molecular flexibility index (Phi) is 3.94. The lowest BCUT2D eigenvalue weighted by atomic mass is 10.1. The average Bonchev–Trinajstić information content (AvgIpc) is 2.47. The van der Waals surface area contributed by atoms with Crippen LogP contribution < -0.4 is 5.32 Å². The molecule has 1 heterocycles. The van der Waals surface area contributed by atoms with Crippen LogP contribution in [0.1, 0.15) is 5.69 Å². The van der Waals surface area contributed by atoms with Gasteiger partial charge in [-0.2, -0.15) is 0 Å². The van der Waals surface area contributed by atoms with E-state index in [2.05, 4.69) is 10.3 Å². The second-order valence-electron chi connectivity index (χ2n) is 4.99. The van der Waals surface area contributed by atoms with Crippen LogP contribution in [0.25, 0.3) is 10.9 Å². The molecule has 0 saturated carbocycles. The summed E-state index contributed by atoms with van der Waals surface area (Å²) in [6.07, 6.45) is -0.396. The van der Waals surface area contributed by atoms with E-state index in [1.165, 1.54) is 0 Å². The van der Waals surface area contributed by atoms with Gasteiger partial charge in [-0.1, -0.05) is 36.4 Å². The zero-order valence-electron chi connectivity index (χ0n) is 11.7. The van der Waals surface area contributed by atoms with Gasteiger partial charge in [-0.05, 0) is 24.3 Å². The first kappa shape index (κ1) is 14.7. The second kappa shape index (κ2) is 5.89. The molecule has 0 fully saturated rings. The van der Waals surface area contributed by atoms with E-state index in [0.717, 1.165) is 11.1 Å². The third kappa shape index (κ3) is 3.52. The van der Waals surface area contributed by atoms with E-state index in [9.17, 15) is 14.4 Å². The number of hydrogen-bond acceptors (Lipinski definition) is 3. The molecule has 0 saturated heterocycles. The number of para-hydroxylation sites is 2. The maximum absolute atomic E-state index is 11.4. The molecule has 0 atom stereocenters. The molecule has 3 rings (SSSR count). The zero-order chi connectivity index (χ0) is 15.6. The van der Waals surface area contributed by atoms with Crippen molar-refractivity contribution in [3.63, 3.8) is 0 Å². The van der Waals surface area contributed by atoms with Gasteiger partial charge in [0.25, 0.3) is 0 Å². The predicted octanol–water partition coefficient (Wildman–Crippen LogP) is 3.66. The van der Waals surface area contributed by atoms with Gasteiger partial charge in [0, 0.05) is 11.1 Å². The van der Waals surface area contributed by atoms with Gasteiger partial charge in [0.1, 0.15) is 0 Å². The zero-order valence-corrected chi connectivity index (χ0v) is 12.6. The first-order chi connectivity index (χ1) is 10.5. The van der Waals surface area contributed by atoms with E-state index in [-0.39, 0.29) is 0 Å². The highest BCUT2D eigenvalue weighted by Crippen LogP contribution is 2.41. The predicted molar refractivity (Wildman–Crippen MR) is 87.2 cm³/mol. The third-order valence-electron chi connectivity index (χ3n) is 3.21. The van der Waals surface area contributed by atoms with Crippen LogP contribution in [0.4, 0.5) is 11.4 Å². The molecule has 0 spiro atoms. The molecule has 3 aromatic rings. The summed E-state index contributed by atoms with van der Waals surface area (Å²) < 4.78 is 11.4. The van der Waals surface area contributed by atoms with Gasteiger partial charge in [-0.25, -0.2) is 4.98 Å². The van der Waals surface area contributed by atoms with Crippen LogP contribution in [0.3, 0.4) is 0 Å². The van der Waals surface area contributed by atoms with Crippen molar-refractivity contribution in [2.75, 3.05) is 5.32 Å². The Labute approximate surface area is 127 Å². The number of benzene rings is 2. The highest BCUT2D eigenvalue weighted by molar-refractivity contribution is 7.50. The van der Waals surface area contributed by atoms with Crippen LogP contribution in [-0.4, -0.2) is 14.8 Å². The van der Waals surface area contributed by atoms with Crippen LogP contribution in [0.2, 0.25) is 0 Å². The maximum Gasteiger partial charge on any atom is 0.331 e. The molecule has 0 unspecified atom stereocenters. The molecule has 0 aliphatic carbocycles. The van der Waals surface area contributed by atoms with E-state index in [1.807, 2.05) is 60.7 Å². The summed E-state index contributed by atoms with van der Waals surface area (Å²) in [7, 11) is -4.20. The topological polar surface area (TPSA) is 82.5 Å². The van der Waals surface area contributed by atoms with Crippen LogP contribution in [0, 0.1) is 0 Å². The van der Waals surface area contributed by atoms with Crippen LogP contribution in [-0.2, 0) is 10.7 Å². The number of hydrogen-bond donors (Lipinski definition) is 3. The minimum absolute atomic E-state index is 0.357. The Morgan fingerprint density at radius 3 is 2.41 bits per heavy atom. The number of pyridine rings is 1. The van der Waals surface area contributed by atoms with Crippen molar-refractivity contribution in [1.29, 1.82) is 0 Å². The first-order valence-electron chi connectivity index (χ1n) is 6.76. The van der Waals surface area contributed by atoms with Crippen LogP contribution in [0.5, 0.6) is 0 Å². The summed E-state index contributed by atoms with van der Waals surface area (Å²) in [6, 6.07) is 18.8. The van der Waals surface area contributed by atoms with Crippen molar-refractivity contribution >= 4 is 29.9 Å². The maximum atomic E-state index is 11.4. The Balaban J connectivity index is 2.08. The Morgan fingerprint density at radius 1 is 1.00 bits per heavy atom. The van der Waals surface area contributed by atoms with Crippen molar-refractivity contribution in [3.05, 3.63) is 66.4 Å². The van der Waals surface area contributed by atoms with Gasteiger partial charge in [-0.3, -0.25) is 4.57 Å². The van der Waals surface area contributed by atoms with E-state index in [1.54, 1.807) is 0 Å². The van der Waals surface area contributed by atoms with Gasteiger partial charge in [0.2, 0.25) is 0 Å². The Morgan fingerprint density at radius 2 is 1.68 bits per heavy atom. The van der Waals surface area contributed by atoms with Crippen molar-refractivity contribution < 1.29 is 14.4 Å². The molecule has 1 aromatic heterocycles. The number of anilines is 2. The molecule has 0 aliphatic rings. The van der Waals surface area contributed by atoms with Crippen molar-refractivity contribution in [2.45, 2.75) is 6.16 Å². The molecule has 0 amide bonds. The fraction of sp³-hybridized carbons (Fsp3) is 0.0625. The number of rotatable bonds is 4. The van der Waals surface area contributed by atoms with Crippen LogP contribution in [0.15, 0.2) is 60.7 Å². The standard InChI is InChI=1S/C16H15N2O3P/c19-22(20,21)11-16-15(17-13-7-2-1-3-8-13)10-12-6-4-5-9-14(12)18-16/h1-10,17H,11H2,(H2,19,20,21). The summed E-state index contributed by atoms with van der Waals surface area (Å²) in [4.78, 5) is 23.0. The summed E-state index contributed by atoms with van der Waals surface area (Å²) in [5.41, 5.74) is 2.51. The van der Waals surface area contributed by atoms with Crippen molar-refractivity contribution in [2.24, 2.45) is 0 Å². The average molecular weight is 314 g/mol. The lowest BCUT2D eigenvalue weighted by Crippen LogP contribution is -2.00. The summed E-state index contributed by atoms with van der Waals surface area (Å²) in [5, 5.41) is 4.09. The molecule has 0 aliphatic heterocycles. The molecule has 2 aromatic carbocycles. The van der Waals surface area contributed by atoms with Crippen molar-refractivity contribution in [3.8, 4) is 0 Å².